The molecular formula is C20H20ClFN4O2S. The number of imidazole rings is 1. The highest BCUT2D eigenvalue weighted by molar-refractivity contribution is 7.89. The van der Waals surface area contributed by atoms with Crippen LogP contribution in [0.25, 0.3) is 0 Å². The zero-order chi connectivity index (χ0) is 20.6. The van der Waals surface area contributed by atoms with E-state index in [0.29, 0.717) is 12.2 Å². The van der Waals surface area contributed by atoms with E-state index in [1.807, 2.05) is 30.3 Å². The van der Waals surface area contributed by atoms with Crippen molar-refractivity contribution >= 4 is 27.3 Å². The highest BCUT2D eigenvalue weighted by Crippen LogP contribution is 2.33. The van der Waals surface area contributed by atoms with Crippen LogP contribution in [0, 0.1) is 5.82 Å². The highest BCUT2D eigenvalue weighted by atomic mass is 35.5. The van der Waals surface area contributed by atoms with Crippen molar-refractivity contribution in [2.45, 2.75) is 17.0 Å². The molecule has 2 unspecified atom stereocenters. The number of sulfonamides is 1. The highest BCUT2D eigenvalue weighted by Gasteiger charge is 2.41. The molecule has 0 spiro atoms. The number of halogens is 2. The molecule has 0 radical (unpaired) electrons. The van der Waals surface area contributed by atoms with E-state index in [-0.39, 0.29) is 28.6 Å². The van der Waals surface area contributed by atoms with Crippen molar-refractivity contribution in [2.75, 3.05) is 18.4 Å². The minimum Gasteiger partial charge on any atom is -0.380 e. The molecule has 3 aromatic rings. The molecule has 2 atom stereocenters. The van der Waals surface area contributed by atoms with E-state index < -0.39 is 15.8 Å². The number of aromatic nitrogens is 2. The summed E-state index contributed by atoms with van der Waals surface area (Å²) in [6.45, 7) is 0.524. The SMILES string of the molecule is Cn1cnc(S(=O)(=O)N2CC(Nc3cc(F)cc(Cl)c3)C(c3ccccc3)C2)c1. The molecule has 4 rings (SSSR count). The molecule has 1 aliphatic rings. The Morgan fingerprint density at radius 2 is 1.93 bits per heavy atom. The normalized spacial score (nSPS) is 20.1. The summed E-state index contributed by atoms with van der Waals surface area (Å²) in [6, 6.07) is 13.6. The van der Waals surface area contributed by atoms with Gasteiger partial charge in [-0.25, -0.2) is 17.8 Å². The van der Waals surface area contributed by atoms with Crippen molar-refractivity contribution in [3.63, 3.8) is 0 Å². The molecule has 2 aromatic carbocycles. The molecule has 0 amide bonds. The molecule has 1 N–H and O–H groups in total. The van der Waals surface area contributed by atoms with Gasteiger partial charge in [-0.2, -0.15) is 4.31 Å². The lowest BCUT2D eigenvalue weighted by Gasteiger charge is -2.21. The van der Waals surface area contributed by atoms with Crippen LogP contribution in [0.2, 0.25) is 5.02 Å². The van der Waals surface area contributed by atoms with Gasteiger partial charge in [0.25, 0.3) is 10.0 Å². The topological polar surface area (TPSA) is 67.2 Å². The third-order valence-electron chi connectivity index (χ3n) is 5.01. The number of hydrogen-bond acceptors (Lipinski definition) is 4. The lowest BCUT2D eigenvalue weighted by atomic mass is 9.94. The average Bonchev–Trinajstić information content (AvgIpc) is 3.29. The largest absolute Gasteiger partial charge is 0.380 e. The van der Waals surface area contributed by atoms with Crippen LogP contribution in [-0.4, -0.2) is 41.4 Å². The number of aryl methyl sites for hydroxylation is 1. The number of rotatable bonds is 5. The predicted octanol–water partition coefficient (Wildman–Crippen LogP) is 3.48. The van der Waals surface area contributed by atoms with Crippen LogP contribution >= 0.6 is 11.6 Å². The van der Waals surface area contributed by atoms with Gasteiger partial charge < -0.3 is 9.88 Å². The van der Waals surface area contributed by atoms with Crippen LogP contribution < -0.4 is 5.32 Å². The second kappa shape index (κ2) is 7.78. The van der Waals surface area contributed by atoms with Crippen molar-refractivity contribution in [3.05, 3.63) is 77.5 Å². The number of nitrogens with one attached hydrogen (secondary N) is 1. The fraction of sp³-hybridized carbons (Fsp3) is 0.250. The van der Waals surface area contributed by atoms with Crippen molar-refractivity contribution < 1.29 is 12.8 Å². The Morgan fingerprint density at radius 1 is 1.17 bits per heavy atom. The minimum absolute atomic E-state index is 0.0151. The van der Waals surface area contributed by atoms with Crippen molar-refractivity contribution in [3.8, 4) is 0 Å². The summed E-state index contributed by atoms with van der Waals surface area (Å²) in [5.74, 6) is -0.566. The van der Waals surface area contributed by atoms with Gasteiger partial charge in [-0.15, -0.1) is 0 Å². The fourth-order valence-electron chi connectivity index (χ4n) is 3.65. The summed E-state index contributed by atoms with van der Waals surface area (Å²) in [6.07, 6.45) is 2.95. The van der Waals surface area contributed by atoms with Crippen molar-refractivity contribution in [1.29, 1.82) is 0 Å². The zero-order valence-electron chi connectivity index (χ0n) is 15.7. The Labute approximate surface area is 174 Å². The van der Waals surface area contributed by atoms with Crippen LogP contribution in [0.3, 0.4) is 0 Å². The lowest BCUT2D eigenvalue weighted by molar-refractivity contribution is 0.468. The van der Waals surface area contributed by atoms with E-state index in [9.17, 15) is 12.8 Å². The Morgan fingerprint density at radius 3 is 2.59 bits per heavy atom. The van der Waals surface area contributed by atoms with E-state index in [1.165, 1.54) is 29.0 Å². The first-order valence-electron chi connectivity index (χ1n) is 9.08. The summed E-state index contributed by atoms with van der Waals surface area (Å²) >= 11 is 5.98. The van der Waals surface area contributed by atoms with Gasteiger partial charge in [0.2, 0.25) is 0 Å². The van der Waals surface area contributed by atoms with Crippen molar-refractivity contribution in [2.24, 2.45) is 7.05 Å². The average molecular weight is 435 g/mol. The third kappa shape index (κ3) is 4.14. The van der Waals surface area contributed by atoms with Crippen LogP contribution in [0.1, 0.15) is 11.5 Å². The smallest absolute Gasteiger partial charge is 0.262 e. The molecule has 1 aromatic heterocycles. The molecule has 2 heterocycles. The van der Waals surface area contributed by atoms with Gasteiger partial charge in [-0.3, -0.25) is 0 Å². The van der Waals surface area contributed by atoms with Crippen LogP contribution in [-0.2, 0) is 17.1 Å². The van der Waals surface area contributed by atoms with E-state index in [0.717, 1.165) is 5.56 Å². The second-order valence-electron chi connectivity index (χ2n) is 7.13. The molecule has 29 heavy (non-hydrogen) atoms. The molecule has 9 heteroatoms. The molecule has 152 valence electrons. The number of hydrogen-bond donors (Lipinski definition) is 1. The monoisotopic (exact) mass is 434 g/mol. The predicted molar refractivity (Wildman–Crippen MR) is 110 cm³/mol. The maximum Gasteiger partial charge on any atom is 0.262 e. The van der Waals surface area contributed by atoms with Gasteiger partial charge in [-0.1, -0.05) is 41.9 Å². The van der Waals surface area contributed by atoms with Crippen LogP contribution in [0.15, 0.2) is 66.1 Å². The molecular weight excluding hydrogens is 415 g/mol. The third-order valence-corrected chi connectivity index (χ3v) is 6.95. The van der Waals surface area contributed by atoms with Gasteiger partial charge in [0, 0.05) is 49.0 Å². The van der Waals surface area contributed by atoms with Gasteiger partial charge in [-0.05, 0) is 23.8 Å². The van der Waals surface area contributed by atoms with E-state index in [1.54, 1.807) is 17.7 Å². The summed E-state index contributed by atoms with van der Waals surface area (Å²) in [4.78, 5) is 4.01. The summed E-state index contributed by atoms with van der Waals surface area (Å²) in [7, 11) is -2.02. The first-order valence-corrected chi connectivity index (χ1v) is 10.9. The van der Waals surface area contributed by atoms with Crippen LogP contribution in [0.5, 0.6) is 0 Å². The summed E-state index contributed by atoms with van der Waals surface area (Å²) in [5, 5.41) is 3.57. The number of benzene rings is 2. The van der Waals surface area contributed by atoms with E-state index in [4.69, 9.17) is 11.6 Å². The van der Waals surface area contributed by atoms with E-state index in [2.05, 4.69) is 10.3 Å². The first-order chi connectivity index (χ1) is 13.8. The second-order valence-corrected chi connectivity index (χ2v) is 9.45. The van der Waals surface area contributed by atoms with Crippen LogP contribution in [0.4, 0.5) is 10.1 Å². The quantitative estimate of drug-likeness (QED) is 0.667. The standard InChI is InChI=1S/C20H20ClFN4O2S/c1-25-12-20(23-13-25)29(27,28)26-10-18(14-5-3-2-4-6-14)19(11-26)24-17-8-15(21)7-16(22)9-17/h2-9,12-13,18-19,24H,10-11H2,1H3. The van der Waals surface area contributed by atoms with Gasteiger partial charge >= 0.3 is 0 Å². The van der Waals surface area contributed by atoms with E-state index >= 15 is 0 Å². The first kappa shape index (κ1) is 19.9. The molecule has 0 saturated carbocycles. The Bertz CT molecular complexity index is 1100. The summed E-state index contributed by atoms with van der Waals surface area (Å²) < 4.78 is 42.9. The summed E-state index contributed by atoms with van der Waals surface area (Å²) in [5.41, 5.74) is 1.52. The lowest BCUT2D eigenvalue weighted by Crippen LogP contribution is -2.32. The maximum absolute atomic E-state index is 13.8. The molecule has 1 fully saturated rings. The maximum atomic E-state index is 13.8. The minimum atomic E-state index is -3.74. The molecule has 1 saturated heterocycles. The van der Waals surface area contributed by atoms with Gasteiger partial charge in [0.05, 0.1) is 6.33 Å². The molecule has 1 aliphatic heterocycles. The molecule has 0 bridgehead atoms. The Balaban J connectivity index is 1.66. The Hall–Kier alpha value is -2.42. The van der Waals surface area contributed by atoms with Crippen molar-refractivity contribution in [1.82, 2.24) is 13.9 Å². The molecule has 6 nitrogen and oxygen atoms in total. The van der Waals surface area contributed by atoms with Gasteiger partial charge in [0.15, 0.2) is 5.03 Å². The molecule has 0 aliphatic carbocycles. The fourth-order valence-corrected chi connectivity index (χ4v) is 5.33. The Kier molecular flexibility index (Phi) is 5.33. The number of anilines is 1. The van der Waals surface area contributed by atoms with Gasteiger partial charge in [0.1, 0.15) is 5.82 Å². The number of nitrogens with zero attached hydrogens (tertiary/aromatic N) is 3. The zero-order valence-corrected chi connectivity index (χ0v) is 17.2.